The molecule has 0 aliphatic carbocycles. The highest BCUT2D eigenvalue weighted by atomic mass is 16.6. The van der Waals surface area contributed by atoms with Crippen LogP contribution in [0, 0.1) is 21.4 Å². The van der Waals surface area contributed by atoms with E-state index >= 15 is 0 Å². The Kier molecular flexibility index (Phi) is 3.94. The molecule has 2 heterocycles. The summed E-state index contributed by atoms with van der Waals surface area (Å²) < 4.78 is 5.50. The molecule has 9 nitrogen and oxygen atoms in total. The fraction of sp³-hybridized carbons (Fsp3) is 0.0526. The summed E-state index contributed by atoms with van der Waals surface area (Å²) in [5.74, 6) is -0.402. The highest BCUT2D eigenvalue weighted by Gasteiger charge is 2.35. The number of nitro groups is 1. The Morgan fingerprint density at radius 1 is 1.29 bits per heavy atom. The van der Waals surface area contributed by atoms with Crippen LogP contribution in [0.15, 0.2) is 60.0 Å². The lowest BCUT2D eigenvalue weighted by Gasteiger charge is -2.24. The second kappa shape index (κ2) is 6.44. The number of benzene rings is 2. The van der Waals surface area contributed by atoms with E-state index < -0.39 is 10.8 Å². The van der Waals surface area contributed by atoms with Gasteiger partial charge in [-0.2, -0.15) is 5.26 Å². The van der Waals surface area contributed by atoms with Gasteiger partial charge in [0.15, 0.2) is 0 Å². The lowest BCUT2D eigenvalue weighted by Crippen LogP contribution is -2.20. The zero-order valence-electron chi connectivity index (χ0n) is 14.3. The number of nitrogens with zero attached hydrogens (tertiary/aromatic N) is 3. The lowest BCUT2D eigenvalue weighted by atomic mass is 9.83. The van der Waals surface area contributed by atoms with Crippen LogP contribution in [0.4, 0.5) is 5.69 Å². The number of rotatable bonds is 3. The van der Waals surface area contributed by atoms with Gasteiger partial charge in [0.25, 0.3) is 5.69 Å². The molecule has 0 amide bonds. The van der Waals surface area contributed by atoms with Crippen molar-refractivity contribution in [2.24, 2.45) is 5.73 Å². The molecule has 4 rings (SSSR count). The second-order valence-electron chi connectivity index (χ2n) is 6.14. The Hall–Kier alpha value is -4.32. The predicted molar refractivity (Wildman–Crippen MR) is 98.1 cm³/mol. The molecule has 2 aromatic carbocycles. The van der Waals surface area contributed by atoms with Crippen molar-refractivity contribution in [2.45, 2.75) is 5.92 Å². The maximum absolute atomic E-state index is 11.1. The van der Waals surface area contributed by atoms with E-state index in [9.17, 15) is 20.5 Å². The predicted octanol–water partition coefficient (Wildman–Crippen LogP) is 2.91. The molecule has 9 heteroatoms. The summed E-state index contributed by atoms with van der Waals surface area (Å²) in [6.07, 6.45) is 0. The molecular weight excluding hydrogens is 362 g/mol. The molecule has 0 saturated carbocycles. The first-order valence-electron chi connectivity index (χ1n) is 8.19. The van der Waals surface area contributed by atoms with Gasteiger partial charge in [0, 0.05) is 17.7 Å². The number of nitrogens with two attached hydrogens (primary N) is 1. The van der Waals surface area contributed by atoms with Crippen LogP contribution in [-0.2, 0) is 0 Å². The smallest absolute Gasteiger partial charge is 0.270 e. The van der Waals surface area contributed by atoms with Gasteiger partial charge < -0.3 is 15.6 Å². The number of phenolic OH excluding ortho intramolecular Hbond substituents is 1. The van der Waals surface area contributed by atoms with Crippen LogP contribution in [0.25, 0.3) is 11.3 Å². The van der Waals surface area contributed by atoms with Crippen LogP contribution >= 0.6 is 0 Å². The van der Waals surface area contributed by atoms with Gasteiger partial charge in [0.1, 0.15) is 17.4 Å². The Morgan fingerprint density at radius 2 is 2.04 bits per heavy atom. The summed E-state index contributed by atoms with van der Waals surface area (Å²) >= 11 is 0. The van der Waals surface area contributed by atoms with Crippen LogP contribution in [0.2, 0.25) is 0 Å². The molecule has 138 valence electrons. The van der Waals surface area contributed by atoms with Gasteiger partial charge in [-0.25, -0.2) is 0 Å². The number of aromatic amines is 1. The van der Waals surface area contributed by atoms with Crippen LogP contribution in [-0.4, -0.2) is 20.2 Å². The summed E-state index contributed by atoms with van der Waals surface area (Å²) in [4.78, 5) is 10.6. The van der Waals surface area contributed by atoms with Crippen molar-refractivity contribution in [1.82, 2.24) is 10.2 Å². The second-order valence-corrected chi connectivity index (χ2v) is 6.14. The molecule has 1 atom stereocenters. The molecule has 0 fully saturated rings. The molecule has 1 aliphatic heterocycles. The number of allylic oxidation sites excluding steroid dienone is 1. The number of nitrogens with one attached hydrogen (secondary N) is 1. The first-order valence-corrected chi connectivity index (χ1v) is 8.19. The van der Waals surface area contributed by atoms with Gasteiger partial charge in [0.05, 0.1) is 22.1 Å². The number of fused-ring (bicyclic) bond motifs is 1. The van der Waals surface area contributed by atoms with Crippen molar-refractivity contribution in [3.05, 3.63) is 81.2 Å². The fourth-order valence-corrected chi connectivity index (χ4v) is 3.24. The summed E-state index contributed by atoms with van der Waals surface area (Å²) in [5.41, 5.74) is 8.26. The largest absolute Gasteiger partial charge is 0.508 e. The number of hydrogen-bond acceptors (Lipinski definition) is 7. The van der Waals surface area contributed by atoms with E-state index in [-0.39, 0.29) is 28.8 Å². The molecular formula is C19H13N5O4. The van der Waals surface area contributed by atoms with Crippen LogP contribution in [0.3, 0.4) is 0 Å². The van der Waals surface area contributed by atoms with E-state index in [1.165, 1.54) is 24.3 Å². The summed E-state index contributed by atoms with van der Waals surface area (Å²) in [5, 5.41) is 37.3. The fourth-order valence-electron chi connectivity index (χ4n) is 3.24. The van der Waals surface area contributed by atoms with Crippen LogP contribution in [0.5, 0.6) is 11.6 Å². The standard InChI is InChI=1S/C19H13N5O4/c20-9-14-15(10-4-6-13(25)7-5-10)16-17(22-23-19(16)28-18(14)21)11-2-1-3-12(8-11)24(26)27/h1-8,15,25H,21H2,(H,22,23). The van der Waals surface area contributed by atoms with Gasteiger partial charge >= 0.3 is 0 Å². The monoisotopic (exact) mass is 375 g/mol. The Balaban J connectivity index is 1.93. The summed E-state index contributed by atoms with van der Waals surface area (Å²) in [7, 11) is 0. The van der Waals surface area contributed by atoms with Crippen molar-refractivity contribution in [3.8, 4) is 29.0 Å². The molecule has 0 saturated heterocycles. The van der Waals surface area contributed by atoms with Crippen molar-refractivity contribution >= 4 is 5.69 Å². The molecule has 28 heavy (non-hydrogen) atoms. The number of nitro benzene ring substituents is 1. The van der Waals surface area contributed by atoms with Gasteiger partial charge in [0.2, 0.25) is 11.8 Å². The maximum atomic E-state index is 11.1. The first-order chi connectivity index (χ1) is 13.5. The first kappa shape index (κ1) is 17.1. The number of aromatic nitrogens is 2. The van der Waals surface area contributed by atoms with E-state index in [4.69, 9.17) is 10.5 Å². The quantitative estimate of drug-likeness (QED) is 0.470. The zero-order valence-corrected chi connectivity index (χ0v) is 14.3. The molecule has 1 aliphatic rings. The highest BCUT2D eigenvalue weighted by Crippen LogP contribution is 2.46. The topological polar surface area (TPSA) is 151 Å². The van der Waals surface area contributed by atoms with Crippen molar-refractivity contribution in [3.63, 3.8) is 0 Å². The maximum Gasteiger partial charge on any atom is 0.270 e. The molecule has 4 N–H and O–H groups in total. The van der Waals surface area contributed by atoms with Crippen molar-refractivity contribution in [2.75, 3.05) is 0 Å². The number of ether oxygens (including phenoxy) is 1. The Labute approximate surface area is 158 Å². The van der Waals surface area contributed by atoms with Crippen molar-refractivity contribution < 1.29 is 14.8 Å². The minimum Gasteiger partial charge on any atom is -0.508 e. The van der Waals surface area contributed by atoms with Gasteiger partial charge in [-0.15, -0.1) is 5.10 Å². The zero-order chi connectivity index (χ0) is 19.8. The Morgan fingerprint density at radius 3 is 2.71 bits per heavy atom. The molecule has 0 radical (unpaired) electrons. The molecule has 1 unspecified atom stereocenters. The van der Waals surface area contributed by atoms with Gasteiger partial charge in [-0.1, -0.05) is 24.3 Å². The number of hydrogen-bond donors (Lipinski definition) is 3. The third-order valence-electron chi connectivity index (χ3n) is 4.51. The number of phenols is 1. The minimum atomic E-state index is -0.609. The lowest BCUT2D eigenvalue weighted by molar-refractivity contribution is -0.384. The van der Waals surface area contributed by atoms with Crippen LogP contribution < -0.4 is 10.5 Å². The van der Waals surface area contributed by atoms with Crippen LogP contribution in [0.1, 0.15) is 17.0 Å². The SMILES string of the molecule is N#CC1=C(N)Oc2n[nH]c(-c3cccc([N+](=O)[O-])c3)c2C1c1ccc(O)cc1. The normalized spacial score (nSPS) is 15.5. The molecule has 0 spiro atoms. The minimum absolute atomic E-state index is 0.0647. The van der Waals surface area contributed by atoms with Gasteiger partial charge in [-0.3, -0.25) is 15.2 Å². The molecule has 3 aromatic rings. The van der Waals surface area contributed by atoms with E-state index in [0.29, 0.717) is 22.4 Å². The Bertz CT molecular complexity index is 1160. The number of non-ortho nitro benzene ring substituents is 1. The van der Waals surface area contributed by atoms with E-state index in [2.05, 4.69) is 16.3 Å². The summed E-state index contributed by atoms with van der Waals surface area (Å²) in [6.45, 7) is 0. The van der Waals surface area contributed by atoms with E-state index in [1.807, 2.05) is 0 Å². The highest BCUT2D eigenvalue weighted by molar-refractivity contribution is 5.72. The summed E-state index contributed by atoms with van der Waals surface area (Å²) in [6, 6.07) is 14.5. The third kappa shape index (κ3) is 2.69. The molecule has 0 bridgehead atoms. The van der Waals surface area contributed by atoms with Gasteiger partial charge in [-0.05, 0) is 17.7 Å². The number of H-pyrrole nitrogens is 1. The number of nitriles is 1. The number of aromatic hydroxyl groups is 1. The van der Waals surface area contributed by atoms with E-state index in [0.717, 1.165) is 0 Å². The average molecular weight is 375 g/mol. The molecule has 1 aromatic heterocycles. The van der Waals surface area contributed by atoms with Crippen molar-refractivity contribution in [1.29, 1.82) is 5.26 Å². The van der Waals surface area contributed by atoms with E-state index in [1.54, 1.807) is 24.3 Å². The third-order valence-corrected chi connectivity index (χ3v) is 4.51. The average Bonchev–Trinajstić information content (AvgIpc) is 3.11.